The minimum atomic E-state index is 0.535. The molecule has 0 amide bonds. The van der Waals surface area contributed by atoms with Crippen molar-refractivity contribution in [3.63, 3.8) is 0 Å². The molecule has 0 bridgehead atoms. The normalized spacial score (nSPS) is 19.8. The molecule has 1 saturated heterocycles. The summed E-state index contributed by atoms with van der Waals surface area (Å²) in [5.74, 6) is 4.10. The lowest BCUT2D eigenvalue weighted by molar-refractivity contribution is 0.548. The SMILES string of the molecule is Cc1ccc2nc(CCCl)n(C3CCSC3)c2n1. The van der Waals surface area contributed by atoms with Gasteiger partial charge in [0.1, 0.15) is 11.3 Å². The zero-order chi connectivity index (χ0) is 12.5. The van der Waals surface area contributed by atoms with E-state index >= 15 is 0 Å². The van der Waals surface area contributed by atoms with E-state index in [0.717, 1.165) is 34.9 Å². The zero-order valence-electron chi connectivity index (χ0n) is 10.4. The first-order valence-electron chi connectivity index (χ1n) is 6.28. The molecule has 0 aliphatic carbocycles. The Kier molecular flexibility index (Phi) is 3.48. The van der Waals surface area contributed by atoms with Crippen LogP contribution in [0, 0.1) is 6.92 Å². The molecule has 0 saturated carbocycles. The van der Waals surface area contributed by atoms with Crippen molar-refractivity contribution in [2.45, 2.75) is 25.8 Å². The summed E-state index contributed by atoms with van der Waals surface area (Å²) < 4.78 is 2.32. The van der Waals surface area contributed by atoms with Crippen LogP contribution in [0.5, 0.6) is 0 Å². The summed E-state index contributed by atoms with van der Waals surface area (Å²) >= 11 is 7.91. The molecule has 0 aromatic carbocycles. The van der Waals surface area contributed by atoms with Gasteiger partial charge in [-0.15, -0.1) is 11.6 Å². The summed E-state index contributed by atoms with van der Waals surface area (Å²) in [6.45, 7) is 2.03. The molecular formula is C13H16ClN3S. The second-order valence-electron chi connectivity index (χ2n) is 4.65. The number of aromatic nitrogens is 3. The Morgan fingerprint density at radius 1 is 1.44 bits per heavy atom. The first kappa shape index (κ1) is 12.3. The second kappa shape index (κ2) is 5.10. The molecule has 96 valence electrons. The molecule has 1 aliphatic heterocycles. The highest BCUT2D eigenvalue weighted by Crippen LogP contribution is 2.31. The van der Waals surface area contributed by atoms with Crippen molar-refractivity contribution in [1.29, 1.82) is 0 Å². The predicted molar refractivity (Wildman–Crippen MR) is 77.7 cm³/mol. The predicted octanol–water partition coefficient (Wildman–Crippen LogP) is 3.20. The lowest BCUT2D eigenvalue weighted by Crippen LogP contribution is -2.13. The Balaban J connectivity index is 2.16. The molecule has 1 aliphatic rings. The van der Waals surface area contributed by atoms with Crippen molar-refractivity contribution in [3.05, 3.63) is 23.7 Å². The molecule has 1 fully saturated rings. The van der Waals surface area contributed by atoms with Crippen molar-refractivity contribution in [1.82, 2.24) is 14.5 Å². The quantitative estimate of drug-likeness (QED) is 0.810. The summed E-state index contributed by atoms with van der Waals surface area (Å²) in [5.41, 5.74) is 3.08. The summed E-state index contributed by atoms with van der Waals surface area (Å²) in [4.78, 5) is 9.37. The van der Waals surface area contributed by atoms with Gasteiger partial charge in [0.25, 0.3) is 0 Å². The van der Waals surface area contributed by atoms with Crippen LogP contribution in [0.2, 0.25) is 0 Å². The van der Waals surface area contributed by atoms with Crippen LogP contribution in [0.15, 0.2) is 12.1 Å². The van der Waals surface area contributed by atoms with E-state index < -0.39 is 0 Å². The summed E-state index contributed by atoms with van der Waals surface area (Å²) in [6, 6.07) is 4.62. The van der Waals surface area contributed by atoms with Crippen molar-refractivity contribution in [2.24, 2.45) is 0 Å². The minimum Gasteiger partial charge on any atom is -0.309 e. The van der Waals surface area contributed by atoms with Crippen LogP contribution in [0.4, 0.5) is 0 Å². The Morgan fingerprint density at radius 3 is 3.06 bits per heavy atom. The van der Waals surface area contributed by atoms with Crippen molar-refractivity contribution >= 4 is 34.5 Å². The average Bonchev–Trinajstić information content (AvgIpc) is 2.95. The van der Waals surface area contributed by atoms with E-state index in [0.29, 0.717) is 11.9 Å². The van der Waals surface area contributed by atoms with Crippen LogP contribution in [-0.2, 0) is 6.42 Å². The number of alkyl halides is 1. The highest BCUT2D eigenvalue weighted by molar-refractivity contribution is 7.99. The molecule has 2 aromatic heterocycles. The number of nitrogens with zero attached hydrogens (tertiary/aromatic N) is 3. The van der Waals surface area contributed by atoms with Gasteiger partial charge in [-0.1, -0.05) is 0 Å². The molecule has 1 unspecified atom stereocenters. The van der Waals surface area contributed by atoms with E-state index in [1.165, 1.54) is 12.2 Å². The molecule has 3 nitrogen and oxygen atoms in total. The van der Waals surface area contributed by atoms with E-state index in [9.17, 15) is 0 Å². The summed E-state index contributed by atoms with van der Waals surface area (Å²) in [6.07, 6.45) is 2.03. The topological polar surface area (TPSA) is 30.7 Å². The van der Waals surface area contributed by atoms with Gasteiger partial charge in [0.05, 0.1) is 0 Å². The van der Waals surface area contributed by atoms with E-state index in [-0.39, 0.29) is 0 Å². The lowest BCUT2D eigenvalue weighted by atomic mass is 10.2. The molecule has 0 radical (unpaired) electrons. The third-order valence-corrected chi connectivity index (χ3v) is 4.67. The molecule has 0 N–H and O–H groups in total. The first-order valence-corrected chi connectivity index (χ1v) is 7.96. The van der Waals surface area contributed by atoms with E-state index in [1.807, 2.05) is 24.8 Å². The van der Waals surface area contributed by atoms with Gasteiger partial charge in [0, 0.05) is 29.8 Å². The van der Waals surface area contributed by atoms with Gasteiger partial charge in [0.2, 0.25) is 0 Å². The molecule has 5 heteroatoms. The highest BCUT2D eigenvalue weighted by atomic mass is 35.5. The smallest absolute Gasteiger partial charge is 0.160 e. The lowest BCUT2D eigenvalue weighted by Gasteiger charge is -2.14. The number of thioether (sulfide) groups is 1. The summed E-state index contributed by atoms with van der Waals surface area (Å²) in [5, 5.41) is 0. The third-order valence-electron chi connectivity index (χ3n) is 3.34. The van der Waals surface area contributed by atoms with Gasteiger partial charge in [-0.05, 0) is 31.2 Å². The van der Waals surface area contributed by atoms with Gasteiger partial charge in [0.15, 0.2) is 5.65 Å². The molecule has 3 heterocycles. The maximum Gasteiger partial charge on any atom is 0.160 e. The third kappa shape index (κ3) is 2.12. The van der Waals surface area contributed by atoms with Gasteiger partial charge in [-0.3, -0.25) is 0 Å². The number of imidazole rings is 1. The fourth-order valence-electron chi connectivity index (χ4n) is 2.49. The number of rotatable bonds is 3. The Hall–Kier alpha value is -0.740. The van der Waals surface area contributed by atoms with E-state index in [1.54, 1.807) is 0 Å². The molecule has 0 spiro atoms. The number of hydrogen-bond acceptors (Lipinski definition) is 3. The largest absolute Gasteiger partial charge is 0.309 e. The number of fused-ring (bicyclic) bond motifs is 1. The molecule has 2 aromatic rings. The fraction of sp³-hybridized carbons (Fsp3) is 0.538. The minimum absolute atomic E-state index is 0.535. The maximum atomic E-state index is 5.89. The van der Waals surface area contributed by atoms with Crippen molar-refractivity contribution in [3.8, 4) is 0 Å². The van der Waals surface area contributed by atoms with Gasteiger partial charge in [-0.2, -0.15) is 11.8 Å². The standard InChI is InChI=1S/C13H16ClN3S/c1-9-2-3-11-13(15-9)17(10-5-7-18-8-10)12(16-11)4-6-14/h2-3,10H,4-8H2,1H3. The van der Waals surface area contributed by atoms with Crippen LogP contribution in [0.25, 0.3) is 11.2 Å². The second-order valence-corrected chi connectivity index (χ2v) is 6.18. The number of halogens is 1. The Labute approximate surface area is 116 Å². The Morgan fingerprint density at radius 2 is 2.33 bits per heavy atom. The molecule has 1 atom stereocenters. The molecule has 18 heavy (non-hydrogen) atoms. The van der Waals surface area contributed by atoms with E-state index in [2.05, 4.69) is 15.6 Å². The maximum absolute atomic E-state index is 5.89. The van der Waals surface area contributed by atoms with Crippen LogP contribution in [-0.4, -0.2) is 31.9 Å². The summed E-state index contributed by atoms with van der Waals surface area (Å²) in [7, 11) is 0. The van der Waals surface area contributed by atoms with E-state index in [4.69, 9.17) is 16.6 Å². The van der Waals surface area contributed by atoms with Crippen LogP contribution < -0.4 is 0 Å². The van der Waals surface area contributed by atoms with Crippen molar-refractivity contribution in [2.75, 3.05) is 17.4 Å². The highest BCUT2D eigenvalue weighted by Gasteiger charge is 2.23. The van der Waals surface area contributed by atoms with Gasteiger partial charge in [-0.25, -0.2) is 9.97 Å². The Bertz CT molecular complexity index is 561. The van der Waals surface area contributed by atoms with Gasteiger partial charge >= 0.3 is 0 Å². The van der Waals surface area contributed by atoms with Crippen molar-refractivity contribution < 1.29 is 0 Å². The van der Waals surface area contributed by atoms with Crippen LogP contribution in [0.1, 0.15) is 24.0 Å². The molecular weight excluding hydrogens is 266 g/mol. The fourth-order valence-corrected chi connectivity index (χ4v) is 3.85. The molecule has 3 rings (SSSR count). The van der Waals surface area contributed by atoms with Crippen LogP contribution in [0.3, 0.4) is 0 Å². The van der Waals surface area contributed by atoms with Crippen LogP contribution >= 0.6 is 23.4 Å². The average molecular weight is 282 g/mol. The number of aryl methyl sites for hydroxylation is 2. The first-order chi connectivity index (χ1) is 8.79. The monoisotopic (exact) mass is 281 g/mol. The number of pyridine rings is 1. The number of hydrogen-bond donors (Lipinski definition) is 0. The van der Waals surface area contributed by atoms with Gasteiger partial charge < -0.3 is 4.57 Å². The zero-order valence-corrected chi connectivity index (χ0v) is 12.0.